The van der Waals surface area contributed by atoms with E-state index in [0.717, 1.165) is 10.4 Å². The summed E-state index contributed by atoms with van der Waals surface area (Å²) in [4.78, 5) is 7.60. The topological polar surface area (TPSA) is 76.4 Å². The fourth-order valence-corrected chi connectivity index (χ4v) is 0.785. The van der Waals surface area contributed by atoms with Crippen LogP contribution in [0.3, 0.4) is 0 Å². The molecule has 0 atom stereocenters. The maximum atomic E-state index is 9.16. The fourth-order valence-electron chi connectivity index (χ4n) is 0.785. The zero-order chi connectivity index (χ0) is 8.43. The second-order valence-electron chi connectivity index (χ2n) is 2.15. The van der Waals surface area contributed by atoms with Crippen LogP contribution in [0.4, 0.5) is 5.95 Å². The van der Waals surface area contributed by atoms with Gasteiger partial charge in [-0.05, 0) is 6.92 Å². The Balaban J connectivity index is 3.50. The SMILES string of the molecule is CN=c1cc(C)nc(N)n1O. The third kappa shape index (κ3) is 1.31. The molecule has 1 rings (SSSR count). The van der Waals surface area contributed by atoms with Gasteiger partial charge in [0, 0.05) is 18.8 Å². The first kappa shape index (κ1) is 7.59. The molecular formula is C6H10N4O. The molecule has 0 aliphatic rings. The Morgan fingerprint density at radius 1 is 1.73 bits per heavy atom. The molecule has 1 heterocycles. The summed E-state index contributed by atoms with van der Waals surface area (Å²) in [5.74, 6) is 0.0469. The van der Waals surface area contributed by atoms with E-state index in [1.807, 2.05) is 0 Å². The standard InChI is InChI=1S/C6H10N4O/c1-4-3-5(8-2)10(11)6(7)9-4/h3,11H,1-2H3,(H2,7,9). The van der Waals surface area contributed by atoms with Crippen LogP contribution in [0.25, 0.3) is 0 Å². The number of aromatic nitrogens is 2. The third-order valence-corrected chi connectivity index (χ3v) is 1.29. The molecule has 0 aromatic carbocycles. The van der Waals surface area contributed by atoms with E-state index in [2.05, 4.69) is 9.98 Å². The van der Waals surface area contributed by atoms with Gasteiger partial charge in [0.05, 0.1) is 0 Å². The highest BCUT2D eigenvalue weighted by Gasteiger charge is 1.97. The molecule has 11 heavy (non-hydrogen) atoms. The molecule has 0 saturated heterocycles. The molecule has 0 spiro atoms. The lowest BCUT2D eigenvalue weighted by Gasteiger charge is -2.01. The van der Waals surface area contributed by atoms with Gasteiger partial charge in [0.15, 0.2) is 5.49 Å². The molecule has 5 heteroatoms. The van der Waals surface area contributed by atoms with Gasteiger partial charge in [-0.25, -0.2) is 4.98 Å². The Morgan fingerprint density at radius 3 is 2.91 bits per heavy atom. The van der Waals surface area contributed by atoms with Crippen molar-refractivity contribution in [3.05, 3.63) is 17.2 Å². The summed E-state index contributed by atoms with van der Waals surface area (Å²) >= 11 is 0. The number of hydrogen-bond acceptors (Lipinski definition) is 4. The summed E-state index contributed by atoms with van der Waals surface area (Å²) in [5.41, 5.74) is 6.47. The summed E-state index contributed by atoms with van der Waals surface area (Å²) in [7, 11) is 1.57. The average Bonchev–Trinajstić information content (AvgIpc) is 1.96. The van der Waals surface area contributed by atoms with Crippen molar-refractivity contribution in [2.75, 3.05) is 12.8 Å². The number of hydrogen-bond donors (Lipinski definition) is 2. The van der Waals surface area contributed by atoms with E-state index in [1.165, 1.54) is 0 Å². The first-order valence-corrected chi connectivity index (χ1v) is 3.13. The van der Waals surface area contributed by atoms with Gasteiger partial charge >= 0.3 is 0 Å². The quantitative estimate of drug-likeness (QED) is 0.496. The van der Waals surface area contributed by atoms with Crippen molar-refractivity contribution >= 4 is 5.95 Å². The molecule has 0 saturated carbocycles. The number of nitrogens with two attached hydrogens (primary N) is 1. The second-order valence-corrected chi connectivity index (χ2v) is 2.15. The van der Waals surface area contributed by atoms with Gasteiger partial charge in [-0.15, -0.1) is 4.73 Å². The number of anilines is 1. The number of nitrogen functional groups attached to an aromatic ring is 1. The molecule has 0 fully saturated rings. The molecule has 0 aliphatic heterocycles. The Labute approximate surface area is 63.8 Å². The zero-order valence-electron chi connectivity index (χ0n) is 6.44. The van der Waals surface area contributed by atoms with Crippen LogP contribution in [0.1, 0.15) is 5.69 Å². The number of nitrogens with zero attached hydrogens (tertiary/aromatic N) is 3. The summed E-state index contributed by atoms with van der Waals surface area (Å²) in [6, 6.07) is 1.64. The Morgan fingerprint density at radius 2 is 2.36 bits per heavy atom. The van der Waals surface area contributed by atoms with Crippen molar-refractivity contribution in [3.8, 4) is 0 Å². The molecule has 0 aliphatic carbocycles. The van der Waals surface area contributed by atoms with E-state index < -0.39 is 0 Å². The van der Waals surface area contributed by atoms with Gasteiger partial charge in [0.25, 0.3) is 0 Å². The highest BCUT2D eigenvalue weighted by Crippen LogP contribution is 1.91. The van der Waals surface area contributed by atoms with Crippen molar-refractivity contribution < 1.29 is 5.21 Å². The van der Waals surface area contributed by atoms with Crippen molar-refractivity contribution in [1.82, 2.24) is 9.71 Å². The van der Waals surface area contributed by atoms with E-state index in [4.69, 9.17) is 10.9 Å². The Hall–Kier alpha value is -1.52. The lowest BCUT2D eigenvalue weighted by Crippen LogP contribution is -2.23. The van der Waals surface area contributed by atoms with Gasteiger partial charge in [-0.2, -0.15) is 0 Å². The van der Waals surface area contributed by atoms with Crippen LogP contribution in [0.15, 0.2) is 11.1 Å². The maximum absolute atomic E-state index is 9.16. The highest BCUT2D eigenvalue weighted by molar-refractivity contribution is 5.17. The largest absolute Gasteiger partial charge is 0.423 e. The van der Waals surface area contributed by atoms with Crippen molar-refractivity contribution in [1.29, 1.82) is 0 Å². The monoisotopic (exact) mass is 154 g/mol. The first-order chi connectivity index (χ1) is 5.15. The summed E-state index contributed by atoms with van der Waals surface area (Å²) in [6.45, 7) is 1.78. The smallest absolute Gasteiger partial charge is 0.236 e. The number of aryl methyl sites for hydroxylation is 1. The van der Waals surface area contributed by atoms with E-state index in [1.54, 1.807) is 20.0 Å². The third-order valence-electron chi connectivity index (χ3n) is 1.29. The molecule has 0 unspecified atom stereocenters. The van der Waals surface area contributed by atoms with Crippen LogP contribution < -0.4 is 11.2 Å². The molecule has 0 radical (unpaired) electrons. The van der Waals surface area contributed by atoms with Crippen LogP contribution in [0.5, 0.6) is 0 Å². The highest BCUT2D eigenvalue weighted by atomic mass is 16.5. The molecule has 60 valence electrons. The van der Waals surface area contributed by atoms with Gasteiger partial charge < -0.3 is 10.9 Å². The Bertz CT molecular complexity index is 328. The van der Waals surface area contributed by atoms with E-state index in [0.29, 0.717) is 5.49 Å². The molecule has 0 amide bonds. The van der Waals surface area contributed by atoms with Crippen LogP contribution in [-0.2, 0) is 0 Å². The van der Waals surface area contributed by atoms with Crippen molar-refractivity contribution in [3.63, 3.8) is 0 Å². The zero-order valence-corrected chi connectivity index (χ0v) is 6.44. The lowest BCUT2D eigenvalue weighted by molar-refractivity contribution is 0.175. The van der Waals surface area contributed by atoms with Gasteiger partial charge in [-0.1, -0.05) is 0 Å². The average molecular weight is 154 g/mol. The lowest BCUT2D eigenvalue weighted by atomic mass is 10.4. The minimum Gasteiger partial charge on any atom is -0.423 e. The van der Waals surface area contributed by atoms with Crippen molar-refractivity contribution in [2.45, 2.75) is 6.92 Å². The molecule has 1 aromatic heterocycles. The van der Waals surface area contributed by atoms with Crippen LogP contribution in [0, 0.1) is 6.92 Å². The first-order valence-electron chi connectivity index (χ1n) is 3.13. The fraction of sp³-hybridized carbons (Fsp3) is 0.333. The van der Waals surface area contributed by atoms with Gasteiger partial charge in [0.2, 0.25) is 5.95 Å². The normalized spacial score (nSPS) is 12.0. The second kappa shape index (κ2) is 2.61. The summed E-state index contributed by atoms with van der Waals surface area (Å²) in [5, 5.41) is 9.16. The van der Waals surface area contributed by atoms with Crippen molar-refractivity contribution in [2.24, 2.45) is 4.99 Å². The number of rotatable bonds is 0. The van der Waals surface area contributed by atoms with Crippen LogP contribution in [-0.4, -0.2) is 22.0 Å². The van der Waals surface area contributed by atoms with E-state index in [-0.39, 0.29) is 5.95 Å². The summed E-state index contributed by atoms with van der Waals surface area (Å²) in [6.07, 6.45) is 0. The van der Waals surface area contributed by atoms with Crippen LogP contribution >= 0.6 is 0 Å². The maximum Gasteiger partial charge on any atom is 0.236 e. The molecule has 0 bridgehead atoms. The molecule has 3 N–H and O–H groups in total. The van der Waals surface area contributed by atoms with Gasteiger partial charge in [-0.3, -0.25) is 4.99 Å². The summed E-state index contributed by atoms with van der Waals surface area (Å²) < 4.78 is 0.743. The molecule has 1 aromatic rings. The molecular weight excluding hydrogens is 144 g/mol. The van der Waals surface area contributed by atoms with Crippen LogP contribution in [0.2, 0.25) is 0 Å². The predicted octanol–water partition coefficient (Wildman–Crippen LogP) is -0.458. The van der Waals surface area contributed by atoms with E-state index in [9.17, 15) is 0 Å². The minimum absolute atomic E-state index is 0.0469. The van der Waals surface area contributed by atoms with E-state index >= 15 is 0 Å². The molecule has 5 nitrogen and oxygen atoms in total. The van der Waals surface area contributed by atoms with Gasteiger partial charge in [0.1, 0.15) is 0 Å². The minimum atomic E-state index is 0.0469. The predicted molar refractivity (Wildman–Crippen MR) is 40.0 cm³/mol. The Kier molecular flexibility index (Phi) is 1.80.